The van der Waals surface area contributed by atoms with Crippen LogP contribution < -0.4 is 4.74 Å². The Morgan fingerprint density at radius 1 is 1.17 bits per heavy atom. The number of ether oxygens (including phenoxy) is 1. The molecule has 4 aliphatic carbocycles. The van der Waals surface area contributed by atoms with Gasteiger partial charge in [0.2, 0.25) is 0 Å². The van der Waals surface area contributed by atoms with Crippen molar-refractivity contribution < 1.29 is 14.9 Å². The lowest BCUT2D eigenvalue weighted by Crippen LogP contribution is -2.72. The molecule has 6 aliphatic rings. The fourth-order valence-corrected chi connectivity index (χ4v) is 8.10. The second-order valence-electron chi connectivity index (χ2n) is 10.4. The Balaban J connectivity index is 1.36. The monoisotopic (exact) mass is 396 g/mol. The minimum Gasteiger partial charge on any atom is -0.484 e. The zero-order valence-electron chi connectivity index (χ0n) is 16.6. The summed E-state index contributed by atoms with van der Waals surface area (Å²) in [7, 11) is 0. The normalized spacial score (nSPS) is 49.0. The molecule has 2 heterocycles. The molecule has 4 fully saturated rings. The molecule has 0 aromatic heterocycles. The van der Waals surface area contributed by atoms with Gasteiger partial charge in [-0.1, -0.05) is 12.5 Å². The van der Waals surface area contributed by atoms with Gasteiger partial charge in [-0.2, -0.15) is 0 Å². The summed E-state index contributed by atoms with van der Waals surface area (Å²) < 4.78 is 6.26. The summed E-state index contributed by atoms with van der Waals surface area (Å²) in [4.78, 5) is 14.1. The van der Waals surface area contributed by atoms with E-state index in [2.05, 4.69) is 10.1 Å². The molecule has 1 spiro atoms. The Labute approximate surface area is 170 Å². The number of nitroso groups, excluding NO2 is 1. The Kier molecular flexibility index (Phi) is 3.20. The van der Waals surface area contributed by atoms with Crippen molar-refractivity contribution in [2.45, 2.75) is 86.7 Å². The van der Waals surface area contributed by atoms with Gasteiger partial charge in [0.15, 0.2) is 5.75 Å². The number of rotatable bonds is 3. The van der Waals surface area contributed by atoms with E-state index in [4.69, 9.17) is 4.74 Å². The number of aliphatic hydroxyl groups is 2. The van der Waals surface area contributed by atoms with Crippen LogP contribution in [0.15, 0.2) is 17.3 Å². The molecule has 7 rings (SSSR count). The zero-order valence-corrected chi connectivity index (χ0v) is 16.6. The molecule has 0 radical (unpaired) electrons. The molecule has 6 heteroatoms. The van der Waals surface area contributed by atoms with Crippen LogP contribution in [0.5, 0.6) is 5.75 Å². The highest BCUT2D eigenvalue weighted by Gasteiger charge is 2.74. The highest BCUT2D eigenvalue weighted by molar-refractivity contribution is 5.67. The maximum Gasteiger partial charge on any atom is 0.153 e. The lowest BCUT2D eigenvalue weighted by Gasteiger charge is -2.63. The van der Waals surface area contributed by atoms with Crippen LogP contribution in [-0.2, 0) is 11.8 Å². The van der Waals surface area contributed by atoms with E-state index in [1.165, 1.54) is 31.4 Å². The molecular weight excluding hydrogens is 368 g/mol. The maximum absolute atomic E-state index is 12.3. The fourth-order valence-electron chi connectivity index (χ4n) is 8.10. The smallest absolute Gasteiger partial charge is 0.153 e. The highest BCUT2D eigenvalue weighted by Crippen LogP contribution is 2.69. The molecule has 1 saturated heterocycles. The molecule has 0 amide bonds. The van der Waals surface area contributed by atoms with Gasteiger partial charge in [0.1, 0.15) is 11.8 Å². The molecular formula is C23H28N2O4. The van der Waals surface area contributed by atoms with Gasteiger partial charge in [0.25, 0.3) is 0 Å². The average molecular weight is 396 g/mol. The Hall–Kier alpha value is -1.50. The van der Waals surface area contributed by atoms with Crippen LogP contribution >= 0.6 is 0 Å². The summed E-state index contributed by atoms with van der Waals surface area (Å²) in [5.74, 6) is 1.22. The SMILES string of the molecule is O=Nc1ccc2c3c1OC1[C@@H](O)CC[C@@]4(O)[C@@H](C2)C(C2CN2C2CCC2)CCC314. The summed E-state index contributed by atoms with van der Waals surface area (Å²) in [5.41, 5.74) is 1.03. The van der Waals surface area contributed by atoms with E-state index in [0.717, 1.165) is 30.9 Å². The number of aliphatic hydroxyl groups excluding tert-OH is 1. The quantitative estimate of drug-likeness (QED) is 0.606. The third kappa shape index (κ3) is 1.86. The second-order valence-corrected chi connectivity index (χ2v) is 10.4. The van der Waals surface area contributed by atoms with Crippen LogP contribution in [0.2, 0.25) is 0 Å². The molecule has 6 nitrogen and oxygen atoms in total. The first-order valence-electron chi connectivity index (χ1n) is 11.4. The lowest BCUT2D eigenvalue weighted by molar-refractivity contribution is -0.209. The first-order valence-corrected chi connectivity index (χ1v) is 11.4. The standard InChI is InChI=1S/C23H28N2O4/c26-18-7-9-23(27)15-10-12-4-5-16(24-28)20-19(12)22(23,21(18)29-20)8-6-14(15)17-11-25(17)13-2-1-3-13/h4-5,13-15,17-18,21,26-27H,1-3,6-11H2/t14?,15-,17?,18-,21?,22?,23+,25?/m0/s1. The van der Waals surface area contributed by atoms with Crippen molar-refractivity contribution in [1.82, 2.24) is 4.90 Å². The van der Waals surface area contributed by atoms with Crippen LogP contribution in [-0.4, -0.2) is 51.6 Å². The van der Waals surface area contributed by atoms with Gasteiger partial charge >= 0.3 is 0 Å². The highest BCUT2D eigenvalue weighted by atomic mass is 16.5. The maximum atomic E-state index is 12.3. The van der Waals surface area contributed by atoms with Crippen molar-refractivity contribution in [2.24, 2.45) is 17.0 Å². The van der Waals surface area contributed by atoms with Crippen LogP contribution in [0, 0.1) is 16.7 Å². The van der Waals surface area contributed by atoms with Crippen LogP contribution in [0.4, 0.5) is 5.69 Å². The number of hydrogen-bond acceptors (Lipinski definition) is 6. The van der Waals surface area contributed by atoms with Gasteiger partial charge in [-0.05, 0) is 73.6 Å². The van der Waals surface area contributed by atoms with Gasteiger partial charge in [0, 0.05) is 24.2 Å². The van der Waals surface area contributed by atoms with E-state index in [9.17, 15) is 15.1 Å². The van der Waals surface area contributed by atoms with Gasteiger partial charge in [-0.25, -0.2) is 0 Å². The summed E-state index contributed by atoms with van der Waals surface area (Å²) in [6, 6.07) is 5.16. The third-order valence-electron chi connectivity index (χ3n) is 9.61. The topological polar surface area (TPSA) is 82.1 Å². The predicted molar refractivity (Wildman–Crippen MR) is 106 cm³/mol. The average Bonchev–Trinajstić information content (AvgIpc) is 3.33. The Morgan fingerprint density at radius 2 is 2.03 bits per heavy atom. The van der Waals surface area contributed by atoms with Crippen molar-refractivity contribution in [1.29, 1.82) is 0 Å². The van der Waals surface area contributed by atoms with Gasteiger partial charge in [0.05, 0.1) is 17.1 Å². The van der Waals surface area contributed by atoms with E-state index in [0.29, 0.717) is 36.2 Å². The number of hydrogen-bond donors (Lipinski definition) is 2. The van der Waals surface area contributed by atoms with Gasteiger partial charge < -0.3 is 14.9 Å². The molecule has 29 heavy (non-hydrogen) atoms. The molecule has 2 aliphatic heterocycles. The van der Waals surface area contributed by atoms with Crippen molar-refractivity contribution >= 4 is 5.69 Å². The number of benzene rings is 1. The Morgan fingerprint density at radius 3 is 2.79 bits per heavy atom. The van der Waals surface area contributed by atoms with E-state index < -0.39 is 23.2 Å². The molecule has 5 unspecified atom stereocenters. The largest absolute Gasteiger partial charge is 0.484 e. The first kappa shape index (κ1) is 17.2. The molecule has 2 bridgehead atoms. The lowest BCUT2D eigenvalue weighted by atomic mass is 9.43. The molecule has 2 N–H and O–H groups in total. The van der Waals surface area contributed by atoms with Crippen LogP contribution in [0.1, 0.15) is 56.1 Å². The van der Waals surface area contributed by atoms with Crippen LogP contribution in [0.25, 0.3) is 0 Å². The summed E-state index contributed by atoms with van der Waals surface area (Å²) in [6.45, 7) is 1.18. The summed E-state index contributed by atoms with van der Waals surface area (Å²) >= 11 is 0. The minimum atomic E-state index is -0.868. The molecule has 3 saturated carbocycles. The zero-order chi connectivity index (χ0) is 19.5. The van der Waals surface area contributed by atoms with Crippen molar-refractivity contribution in [2.75, 3.05) is 6.54 Å². The van der Waals surface area contributed by atoms with Gasteiger partial charge in [-0.15, -0.1) is 4.91 Å². The van der Waals surface area contributed by atoms with Crippen LogP contribution in [0.3, 0.4) is 0 Å². The summed E-state index contributed by atoms with van der Waals surface area (Å²) in [6.07, 6.45) is 6.83. The summed E-state index contributed by atoms with van der Waals surface area (Å²) in [5, 5.41) is 26.4. The van der Waals surface area contributed by atoms with Crippen molar-refractivity contribution in [3.8, 4) is 5.75 Å². The van der Waals surface area contributed by atoms with Gasteiger partial charge in [-0.3, -0.25) is 4.90 Å². The fraction of sp³-hybridized carbons (Fsp3) is 0.739. The minimum absolute atomic E-state index is 0.193. The molecule has 1 aromatic carbocycles. The molecule has 154 valence electrons. The molecule has 8 atom stereocenters. The number of nitrogens with zero attached hydrogens (tertiary/aromatic N) is 2. The molecule has 1 aromatic rings. The first-order chi connectivity index (χ1) is 14.1. The predicted octanol–water partition coefficient (Wildman–Crippen LogP) is 2.79. The van der Waals surface area contributed by atoms with Crippen molar-refractivity contribution in [3.63, 3.8) is 0 Å². The van der Waals surface area contributed by atoms with E-state index in [-0.39, 0.29) is 5.92 Å². The van der Waals surface area contributed by atoms with Crippen molar-refractivity contribution in [3.05, 3.63) is 28.2 Å². The van der Waals surface area contributed by atoms with E-state index in [1.54, 1.807) is 6.07 Å². The van der Waals surface area contributed by atoms with E-state index >= 15 is 0 Å². The Bertz CT molecular complexity index is 916. The van der Waals surface area contributed by atoms with E-state index in [1.807, 2.05) is 6.07 Å². The second kappa shape index (κ2) is 5.40. The third-order valence-corrected chi connectivity index (χ3v) is 9.61.